The van der Waals surface area contributed by atoms with E-state index in [0.29, 0.717) is 38.7 Å². The van der Waals surface area contributed by atoms with Crippen LogP contribution < -0.4 is 5.32 Å². The van der Waals surface area contributed by atoms with Gasteiger partial charge in [0.1, 0.15) is 5.25 Å². The molecule has 0 aromatic carbocycles. The van der Waals surface area contributed by atoms with E-state index in [4.69, 9.17) is 4.98 Å². The second-order valence-corrected chi connectivity index (χ2v) is 11.9. The normalized spacial score (nSPS) is 19.8. The number of hydrogen-bond donors (Lipinski definition) is 2. The van der Waals surface area contributed by atoms with E-state index in [9.17, 15) is 13.5 Å². The first kappa shape index (κ1) is 23.1. The Morgan fingerprint density at radius 2 is 1.91 bits per heavy atom. The van der Waals surface area contributed by atoms with Crippen molar-refractivity contribution in [3.63, 3.8) is 0 Å². The standard InChI is InChI=1S/C21H33N7O3S/c1-15-9-22-20(25-19(15)16-10-23-27(11-16)14-21(2,3)29)24-17-5-7-28(8-6-17)32(30,31)18-12-26(4)13-18/h9-11,17-18,29H,5-8,12-14H2,1-4H3,(H,22,24,25). The highest BCUT2D eigenvalue weighted by Gasteiger charge is 2.40. The second-order valence-electron chi connectivity index (χ2n) is 9.67. The van der Waals surface area contributed by atoms with Gasteiger partial charge in [-0.1, -0.05) is 0 Å². The van der Waals surface area contributed by atoms with Crippen molar-refractivity contribution in [2.75, 3.05) is 38.5 Å². The van der Waals surface area contributed by atoms with Gasteiger partial charge in [-0.05, 0) is 46.2 Å². The molecule has 0 amide bonds. The molecule has 2 aliphatic rings. The lowest BCUT2D eigenvalue weighted by molar-refractivity contribution is 0.0577. The summed E-state index contributed by atoms with van der Waals surface area (Å²) in [6.07, 6.45) is 6.84. The minimum absolute atomic E-state index is 0.124. The van der Waals surface area contributed by atoms with Crippen LogP contribution in [0.4, 0.5) is 5.95 Å². The van der Waals surface area contributed by atoms with E-state index >= 15 is 0 Å². The molecule has 10 nitrogen and oxygen atoms in total. The molecular formula is C21H33N7O3S. The molecule has 0 bridgehead atoms. The Labute approximate surface area is 189 Å². The average Bonchev–Trinajstić information content (AvgIpc) is 3.14. The van der Waals surface area contributed by atoms with Gasteiger partial charge in [0.2, 0.25) is 16.0 Å². The first-order valence-corrected chi connectivity index (χ1v) is 12.5. The highest BCUT2D eigenvalue weighted by molar-refractivity contribution is 7.89. The lowest BCUT2D eigenvalue weighted by Gasteiger charge is -2.40. The summed E-state index contributed by atoms with van der Waals surface area (Å²) in [6.45, 7) is 8.10. The fourth-order valence-electron chi connectivity index (χ4n) is 4.25. The Morgan fingerprint density at radius 3 is 2.53 bits per heavy atom. The smallest absolute Gasteiger partial charge is 0.223 e. The molecular weight excluding hydrogens is 430 g/mol. The third-order valence-corrected chi connectivity index (χ3v) is 8.25. The summed E-state index contributed by atoms with van der Waals surface area (Å²) in [6, 6.07) is 0.124. The van der Waals surface area contributed by atoms with Gasteiger partial charge in [0, 0.05) is 50.2 Å². The molecule has 2 aromatic rings. The van der Waals surface area contributed by atoms with Gasteiger partial charge in [-0.15, -0.1) is 0 Å². The predicted octanol–water partition coefficient (Wildman–Crippen LogP) is 0.940. The number of nitrogens with zero attached hydrogens (tertiary/aromatic N) is 6. The van der Waals surface area contributed by atoms with E-state index < -0.39 is 15.6 Å². The summed E-state index contributed by atoms with van der Waals surface area (Å²) < 4.78 is 28.8. The van der Waals surface area contributed by atoms with Gasteiger partial charge in [0.15, 0.2) is 0 Å². The Kier molecular flexibility index (Phi) is 6.27. The third kappa shape index (κ3) is 5.11. The number of rotatable bonds is 7. The van der Waals surface area contributed by atoms with Crippen LogP contribution in [0.1, 0.15) is 32.3 Å². The summed E-state index contributed by atoms with van der Waals surface area (Å²) in [4.78, 5) is 11.1. The molecule has 32 heavy (non-hydrogen) atoms. The molecule has 0 radical (unpaired) electrons. The average molecular weight is 464 g/mol. The Morgan fingerprint density at radius 1 is 1.22 bits per heavy atom. The monoisotopic (exact) mass is 463 g/mol. The molecule has 2 saturated heterocycles. The largest absolute Gasteiger partial charge is 0.389 e. The molecule has 2 aromatic heterocycles. The van der Waals surface area contributed by atoms with E-state index in [1.807, 2.05) is 25.1 Å². The summed E-state index contributed by atoms with van der Waals surface area (Å²) in [5.41, 5.74) is 1.74. The number of nitrogens with one attached hydrogen (secondary N) is 1. The zero-order valence-corrected chi connectivity index (χ0v) is 20.0. The summed E-state index contributed by atoms with van der Waals surface area (Å²) in [7, 11) is -1.27. The van der Waals surface area contributed by atoms with Crippen molar-refractivity contribution in [3.05, 3.63) is 24.2 Å². The van der Waals surface area contributed by atoms with Gasteiger partial charge in [-0.2, -0.15) is 5.10 Å². The zero-order valence-electron chi connectivity index (χ0n) is 19.2. The Balaban J connectivity index is 1.39. The SMILES string of the molecule is Cc1cnc(NC2CCN(S(=O)(=O)C3CN(C)C3)CC2)nc1-c1cnn(CC(C)(C)O)c1. The van der Waals surface area contributed by atoms with Gasteiger partial charge in [-0.3, -0.25) is 4.68 Å². The molecule has 4 rings (SSSR count). The maximum absolute atomic E-state index is 12.7. The van der Waals surface area contributed by atoms with Crippen molar-refractivity contribution in [3.8, 4) is 11.3 Å². The van der Waals surface area contributed by atoms with E-state index in [1.165, 1.54) is 0 Å². The molecule has 0 saturated carbocycles. The highest BCUT2D eigenvalue weighted by Crippen LogP contribution is 2.25. The van der Waals surface area contributed by atoms with Crippen LogP contribution in [0.25, 0.3) is 11.3 Å². The number of aryl methyl sites for hydroxylation is 1. The van der Waals surface area contributed by atoms with Gasteiger partial charge < -0.3 is 15.3 Å². The van der Waals surface area contributed by atoms with Crippen LogP contribution in [0, 0.1) is 6.92 Å². The lowest BCUT2D eigenvalue weighted by atomic mass is 10.1. The first-order chi connectivity index (χ1) is 15.0. The summed E-state index contributed by atoms with van der Waals surface area (Å²) in [5, 5.41) is 17.5. The van der Waals surface area contributed by atoms with Crippen molar-refractivity contribution in [2.45, 2.75) is 57.1 Å². The molecule has 0 aliphatic carbocycles. The van der Waals surface area contributed by atoms with Crippen molar-refractivity contribution >= 4 is 16.0 Å². The highest BCUT2D eigenvalue weighted by atomic mass is 32.2. The van der Waals surface area contributed by atoms with Crippen LogP contribution in [-0.4, -0.2) is 92.6 Å². The van der Waals surface area contributed by atoms with Crippen molar-refractivity contribution in [1.82, 2.24) is 29.0 Å². The molecule has 4 heterocycles. The fourth-order valence-corrected chi connectivity index (χ4v) is 6.28. The maximum Gasteiger partial charge on any atom is 0.223 e. The number of sulfonamides is 1. The number of likely N-dealkylation sites (tertiary alicyclic amines) is 1. The summed E-state index contributed by atoms with van der Waals surface area (Å²) >= 11 is 0. The number of aliphatic hydroxyl groups is 1. The molecule has 0 unspecified atom stereocenters. The Bertz CT molecular complexity index is 1050. The maximum atomic E-state index is 12.7. The fraction of sp³-hybridized carbons (Fsp3) is 0.667. The zero-order chi connectivity index (χ0) is 23.1. The van der Waals surface area contributed by atoms with E-state index in [2.05, 4.69) is 15.4 Å². The van der Waals surface area contributed by atoms with Crippen molar-refractivity contribution in [1.29, 1.82) is 0 Å². The second kappa shape index (κ2) is 8.69. The van der Waals surface area contributed by atoms with Crippen LogP contribution in [0.2, 0.25) is 0 Å². The van der Waals surface area contributed by atoms with Gasteiger partial charge in [0.05, 0.1) is 24.0 Å². The van der Waals surface area contributed by atoms with E-state index in [-0.39, 0.29) is 11.3 Å². The predicted molar refractivity (Wildman–Crippen MR) is 123 cm³/mol. The molecule has 0 atom stereocenters. The van der Waals surface area contributed by atoms with Crippen LogP contribution in [0.15, 0.2) is 18.6 Å². The van der Waals surface area contributed by atoms with E-state index in [1.54, 1.807) is 35.2 Å². The van der Waals surface area contributed by atoms with E-state index in [0.717, 1.165) is 29.7 Å². The number of aromatic nitrogens is 4. The molecule has 2 fully saturated rings. The molecule has 2 N–H and O–H groups in total. The van der Waals surface area contributed by atoms with Crippen LogP contribution in [0.3, 0.4) is 0 Å². The number of hydrogen-bond acceptors (Lipinski definition) is 8. The number of anilines is 1. The van der Waals surface area contributed by atoms with Gasteiger partial charge >= 0.3 is 0 Å². The quantitative estimate of drug-likeness (QED) is 0.623. The van der Waals surface area contributed by atoms with Crippen LogP contribution >= 0.6 is 0 Å². The lowest BCUT2D eigenvalue weighted by Crippen LogP contribution is -2.58. The third-order valence-electron chi connectivity index (χ3n) is 6.03. The van der Waals surface area contributed by atoms with Crippen molar-refractivity contribution in [2.24, 2.45) is 0 Å². The van der Waals surface area contributed by atoms with Crippen molar-refractivity contribution < 1.29 is 13.5 Å². The molecule has 0 spiro atoms. The Hall–Kier alpha value is -2.08. The molecule has 176 valence electrons. The van der Waals surface area contributed by atoms with Gasteiger partial charge in [-0.25, -0.2) is 22.7 Å². The summed E-state index contributed by atoms with van der Waals surface area (Å²) in [5.74, 6) is 0.530. The van der Waals surface area contributed by atoms with Crippen LogP contribution in [-0.2, 0) is 16.6 Å². The number of piperidine rings is 1. The topological polar surface area (TPSA) is 116 Å². The molecule has 11 heteroatoms. The first-order valence-electron chi connectivity index (χ1n) is 11.0. The minimum atomic E-state index is -3.21. The molecule has 2 aliphatic heterocycles. The minimum Gasteiger partial charge on any atom is -0.389 e. The van der Waals surface area contributed by atoms with Gasteiger partial charge in [0.25, 0.3) is 0 Å². The van der Waals surface area contributed by atoms with Crippen LogP contribution in [0.5, 0.6) is 0 Å².